The molecule has 2 aromatic carbocycles. The molecule has 0 heterocycles. The molecule has 0 spiro atoms. The van der Waals surface area contributed by atoms with Crippen molar-refractivity contribution >= 4 is 13.4 Å². The Labute approximate surface area is 152 Å². The monoisotopic (exact) mass is 378 g/mol. The second-order valence-corrected chi connectivity index (χ2v) is 8.21. The first kappa shape index (κ1) is 20.2. The van der Waals surface area contributed by atoms with E-state index < -0.39 is 13.9 Å². The van der Waals surface area contributed by atoms with Crippen LogP contribution in [0.4, 0.5) is 0 Å². The van der Waals surface area contributed by atoms with Gasteiger partial charge >= 0.3 is 7.60 Å². The van der Waals surface area contributed by atoms with E-state index in [4.69, 9.17) is 14.5 Å². The summed E-state index contributed by atoms with van der Waals surface area (Å²) in [7, 11) is -4.28. The first-order chi connectivity index (χ1) is 12.0. The Morgan fingerprint density at radius 2 is 1.69 bits per heavy atom. The lowest BCUT2D eigenvalue weighted by Gasteiger charge is -2.16. The molecule has 0 saturated heterocycles. The SMILES string of the molecule is Cc1cc(OCP(=O)(O)O)cc(C)c1C(=O)c1ccc(O)cc1C(C)C. The predicted molar refractivity (Wildman–Crippen MR) is 99.1 cm³/mol. The van der Waals surface area contributed by atoms with E-state index in [-0.39, 0.29) is 17.5 Å². The van der Waals surface area contributed by atoms with Crippen LogP contribution in [0.15, 0.2) is 30.3 Å². The van der Waals surface area contributed by atoms with Crippen molar-refractivity contribution in [2.24, 2.45) is 0 Å². The van der Waals surface area contributed by atoms with Gasteiger partial charge < -0.3 is 19.6 Å². The lowest BCUT2D eigenvalue weighted by Crippen LogP contribution is -2.10. The zero-order valence-electron chi connectivity index (χ0n) is 15.2. The summed E-state index contributed by atoms with van der Waals surface area (Å²) in [6, 6.07) is 7.88. The highest BCUT2D eigenvalue weighted by Gasteiger charge is 2.21. The van der Waals surface area contributed by atoms with Gasteiger partial charge in [0.1, 0.15) is 11.5 Å². The van der Waals surface area contributed by atoms with Gasteiger partial charge in [-0.05, 0) is 66.8 Å². The molecule has 0 amide bonds. The van der Waals surface area contributed by atoms with Gasteiger partial charge in [-0.25, -0.2) is 0 Å². The number of ketones is 1. The third-order valence-corrected chi connectivity index (χ3v) is 4.50. The fourth-order valence-electron chi connectivity index (χ4n) is 2.89. The topological polar surface area (TPSA) is 104 Å². The van der Waals surface area contributed by atoms with Crippen molar-refractivity contribution in [2.75, 3.05) is 6.35 Å². The quantitative estimate of drug-likeness (QED) is 0.521. The molecule has 0 unspecified atom stereocenters. The van der Waals surface area contributed by atoms with Gasteiger partial charge in [0.2, 0.25) is 0 Å². The average Bonchev–Trinajstić information content (AvgIpc) is 2.51. The van der Waals surface area contributed by atoms with Crippen LogP contribution in [0, 0.1) is 13.8 Å². The predicted octanol–water partition coefficient (Wildman–Crippen LogP) is 3.88. The van der Waals surface area contributed by atoms with E-state index in [1.54, 1.807) is 38.1 Å². The first-order valence-electron chi connectivity index (χ1n) is 8.16. The lowest BCUT2D eigenvalue weighted by atomic mass is 9.88. The van der Waals surface area contributed by atoms with Gasteiger partial charge in [0, 0.05) is 11.1 Å². The minimum absolute atomic E-state index is 0.0625. The normalized spacial score (nSPS) is 11.7. The van der Waals surface area contributed by atoms with Crippen molar-refractivity contribution in [1.82, 2.24) is 0 Å². The van der Waals surface area contributed by atoms with Crippen LogP contribution in [0.25, 0.3) is 0 Å². The van der Waals surface area contributed by atoms with E-state index in [2.05, 4.69) is 0 Å². The number of carbonyl (C=O) groups excluding carboxylic acids is 1. The number of ether oxygens (including phenoxy) is 1. The largest absolute Gasteiger partial charge is 0.508 e. The van der Waals surface area contributed by atoms with Gasteiger partial charge in [-0.15, -0.1) is 0 Å². The van der Waals surface area contributed by atoms with Crippen molar-refractivity contribution in [3.05, 3.63) is 58.1 Å². The number of rotatable bonds is 6. The number of aromatic hydroxyl groups is 1. The molecule has 0 aliphatic carbocycles. The fraction of sp³-hybridized carbons (Fsp3) is 0.316. The highest BCUT2D eigenvalue weighted by Crippen LogP contribution is 2.35. The molecule has 2 rings (SSSR count). The molecule has 0 aromatic heterocycles. The second-order valence-electron chi connectivity index (χ2n) is 6.63. The van der Waals surface area contributed by atoms with E-state index in [1.807, 2.05) is 13.8 Å². The Morgan fingerprint density at radius 1 is 1.12 bits per heavy atom. The maximum Gasteiger partial charge on any atom is 0.362 e. The zero-order chi connectivity index (χ0) is 19.6. The van der Waals surface area contributed by atoms with E-state index in [0.29, 0.717) is 28.0 Å². The summed E-state index contributed by atoms with van der Waals surface area (Å²) >= 11 is 0. The van der Waals surface area contributed by atoms with Crippen molar-refractivity contribution in [3.63, 3.8) is 0 Å². The molecule has 140 valence electrons. The minimum Gasteiger partial charge on any atom is -0.508 e. The second kappa shape index (κ2) is 7.62. The van der Waals surface area contributed by atoms with Crippen molar-refractivity contribution < 1.29 is 29.0 Å². The van der Waals surface area contributed by atoms with Crippen LogP contribution in [0.1, 0.15) is 52.4 Å². The number of hydrogen-bond donors (Lipinski definition) is 3. The number of benzene rings is 2. The number of hydrogen-bond acceptors (Lipinski definition) is 4. The molecule has 0 radical (unpaired) electrons. The Kier molecular flexibility index (Phi) is 5.91. The molecule has 2 aromatic rings. The van der Waals surface area contributed by atoms with Gasteiger partial charge in [-0.1, -0.05) is 13.8 Å². The average molecular weight is 378 g/mol. The first-order valence-corrected chi connectivity index (χ1v) is 9.95. The number of carbonyl (C=O) groups is 1. The molecule has 3 N–H and O–H groups in total. The molecular weight excluding hydrogens is 355 g/mol. The van der Waals surface area contributed by atoms with Crippen molar-refractivity contribution in [1.29, 1.82) is 0 Å². The molecular formula is C19H23O6P. The molecule has 0 aliphatic heterocycles. The number of aryl methyl sites for hydroxylation is 2. The summed E-state index contributed by atoms with van der Waals surface area (Å²) in [4.78, 5) is 31.0. The van der Waals surface area contributed by atoms with Crippen LogP contribution >= 0.6 is 7.60 Å². The third kappa shape index (κ3) is 4.73. The molecule has 0 atom stereocenters. The van der Waals surface area contributed by atoms with Crippen LogP contribution in [0.5, 0.6) is 11.5 Å². The smallest absolute Gasteiger partial charge is 0.362 e. The Balaban J connectivity index is 2.43. The molecule has 6 nitrogen and oxygen atoms in total. The Hall–Kier alpha value is -2.14. The third-order valence-electron chi connectivity index (χ3n) is 4.03. The molecule has 26 heavy (non-hydrogen) atoms. The van der Waals surface area contributed by atoms with Crippen LogP contribution < -0.4 is 4.74 Å². The van der Waals surface area contributed by atoms with Crippen LogP contribution in [-0.4, -0.2) is 27.0 Å². The van der Waals surface area contributed by atoms with Gasteiger partial charge in [-0.3, -0.25) is 9.36 Å². The van der Waals surface area contributed by atoms with E-state index >= 15 is 0 Å². The van der Waals surface area contributed by atoms with Crippen LogP contribution in [0.3, 0.4) is 0 Å². The highest BCUT2D eigenvalue weighted by molar-refractivity contribution is 7.51. The zero-order valence-corrected chi connectivity index (χ0v) is 16.1. The lowest BCUT2D eigenvalue weighted by molar-refractivity contribution is 0.103. The number of phenolic OH excluding ortho intramolecular Hbond substituents is 1. The van der Waals surface area contributed by atoms with Crippen LogP contribution in [-0.2, 0) is 4.57 Å². The summed E-state index contributed by atoms with van der Waals surface area (Å²) in [5.74, 6) is 0.312. The molecule has 0 fully saturated rings. The van der Waals surface area contributed by atoms with Crippen molar-refractivity contribution in [3.8, 4) is 11.5 Å². The highest BCUT2D eigenvalue weighted by atomic mass is 31.2. The van der Waals surface area contributed by atoms with Gasteiger partial charge in [0.15, 0.2) is 12.1 Å². The van der Waals surface area contributed by atoms with Gasteiger partial charge in [-0.2, -0.15) is 0 Å². The van der Waals surface area contributed by atoms with E-state index in [0.717, 1.165) is 5.56 Å². The number of phenols is 1. The fourth-order valence-corrected chi connectivity index (χ4v) is 3.21. The van der Waals surface area contributed by atoms with Gasteiger partial charge in [0.05, 0.1) is 0 Å². The van der Waals surface area contributed by atoms with Gasteiger partial charge in [0.25, 0.3) is 0 Å². The van der Waals surface area contributed by atoms with E-state index in [1.165, 1.54) is 6.07 Å². The maximum absolute atomic E-state index is 13.1. The Morgan fingerprint density at radius 3 is 2.19 bits per heavy atom. The Bertz CT molecular complexity index is 859. The van der Waals surface area contributed by atoms with E-state index in [9.17, 15) is 14.5 Å². The standard InChI is InChI=1S/C19H23O6P/c1-11(2)17-9-14(20)5-6-16(17)19(21)18-12(3)7-15(8-13(18)4)25-10-26(22,23)24/h5-9,11,20H,10H2,1-4H3,(H2,22,23,24). The summed E-state index contributed by atoms with van der Waals surface area (Å²) < 4.78 is 16.1. The molecule has 7 heteroatoms. The van der Waals surface area contributed by atoms with Crippen LogP contribution in [0.2, 0.25) is 0 Å². The summed E-state index contributed by atoms with van der Waals surface area (Å²) in [6.07, 6.45) is -0.714. The van der Waals surface area contributed by atoms with Crippen molar-refractivity contribution in [2.45, 2.75) is 33.6 Å². The summed E-state index contributed by atoms with van der Waals surface area (Å²) in [5, 5.41) is 9.72. The molecule has 0 saturated carbocycles. The molecule has 0 aliphatic rings. The summed E-state index contributed by atoms with van der Waals surface area (Å²) in [6.45, 7) is 7.40. The summed E-state index contributed by atoms with van der Waals surface area (Å²) in [5.41, 5.74) is 3.10. The maximum atomic E-state index is 13.1. The molecule has 0 bridgehead atoms. The minimum atomic E-state index is -4.28.